The number of allylic oxidation sites excluding steroid dienone is 6. The molecule has 286 valence electrons. The largest absolute Gasteiger partial charge is 0.344 e. The molecule has 0 atom stereocenters. The van der Waals surface area contributed by atoms with Crippen molar-refractivity contribution < 1.29 is 43.5 Å². The Kier molecular flexibility index (Phi) is 10.4. The first-order valence-corrected chi connectivity index (χ1v) is 22.2. The molecule has 0 saturated heterocycles. The van der Waals surface area contributed by atoms with E-state index in [2.05, 4.69) is 55.7 Å². The van der Waals surface area contributed by atoms with Gasteiger partial charge in [0, 0.05) is 47.5 Å². The van der Waals surface area contributed by atoms with Crippen LogP contribution in [0.3, 0.4) is 0 Å². The van der Waals surface area contributed by atoms with Crippen molar-refractivity contribution in [2.24, 2.45) is 0 Å². The summed E-state index contributed by atoms with van der Waals surface area (Å²) in [4.78, 5) is 1.80. The minimum atomic E-state index is -4.41. The summed E-state index contributed by atoms with van der Waals surface area (Å²) in [6.07, 6.45) is 10.1. The lowest BCUT2D eigenvalue weighted by molar-refractivity contribution is -0.437. The zero-order chi connectivity index (χ0) is 39.4. The molecular weight excluding hydrogens is 749 g/mol. The Morgan fingerprint density at radius 2 is 1.33 bits per heavy atom. The van der Waals surface area contributed by atoms with Crippen LogP contribution in [0.4, 0.5) is 11.4 Å². The molecule has 0 saturated carbocycles. The summed E-state index contributed by atoms with van der Waals surface area (Å²) < 4.78 is 101. The van der Waals surface area contributed by atoms with Gasteiger partial charge in [-0.2, -0.15) is 29.8 Å². The third kappa shape index (κ3) is 7.81. The highest BCUT2D eigenvalue weighted by atomic mass is 32.2. The summed E-state index contributed by atoms with van der Waals surface area (Å²) in [6.45, 7) is 11.1. The van der Waals surface area contributed by atoms with Crippen LogP contribution in [0.25, 0.3) is 21.5 Å². The van der Waals surface area contributed by atoms with E-state index < -0.39 is 46.9 Å². The third-order valence-corrected chi connectivity index (χ3v) is 12.9. The minimum absolute atomic E-state index is 0.157. The van der Waals surface area contributed by atoms with Crippen molar-refractivity contribution in [2.75, 3.05) is 29.5 Å². The lowest BCUT2D eigenvalue weighted by atomic mass is 9.79. The Labute approximate surface area is 317 Å². The van der Waals surface area contributed by atoms with Gasteiger partial charge < -0.3 is 4.90 Å². The molecule has 0 aliphatic carbocycles. The standard InChI is InChI=1S/C40H44N2O9S3/c1-27-13-17-31-28(25-27)14-19-33-37(31)39(2,3)35(41(33)21-9-23-52(43,44)45)11-7-6-8-12-36-40(4,5)38-32-18-16-30(54(49,50)51)26-29(32)15-20-34(38)42(36)22-10-24-53(46,47)48/h6-8,11-20,25-26H,9-10,21-24H2,1-5H3,(H2-,43,44,45,46,47,48,49,50,51)/p+1. The Hall–Kier alpha value is -4.18. The fraction of sp³-hybridized carbons (Fsp3) is 0.325. The first-order chi connectivity index (χ1) is 25.1. The maximum absolute atomic E-state index is 11.9. The molecule has 0 fully saturated rings. The predicted octanol–water partition coefficient (Wildman–Crippen LogP) is 7.27. The quantitative estimate of drug-likeness (QED) is 0.0753. The van der Waals surface area contributed by atoms with Crippen LogP contribution in [-0.4, -0.2) is 73.8 Å². The molecule has 0 spiro atoms. The monoisotopic (exact) mass is 793 g/mol. The first kappa shape index (κ1) is 39.5. The van der Waals surface area contributed by atoms with E-state index >= 15 is 0 Å². The second-order valence-electron chi connectivity index (χ2n) is 15.0. The molecule has 6 rings (SSSR count). The molecule has 0 bridgehead atoms. The molecule has 2 heterocycles. The second-order valence-corrected chi connectivity index (χ2v) is 19.6. The Morgan fingerprint density at radius 3 is 2.02 bits per heavy atom. The summed E-state index contributed by atoms with van der Waals surface area (Å²) in [7, 11) is -12.7. The van der Waals surface area contributed by atoms with Crippen molar-refractivity contribution in [3.8, 4) is 0 Å². The maximum Gasteiger partial charge on any atom is 0.294 e. The van der Waals surface area contributed by atoms with Crippen molar-refractivity contribution in [3.63, 3.8) is 0 Å². The van der Waals surface area contributed by atoms with Crippen molar-refractivity contribution in [1.29, 1.82) is 0 Å². The normalized spacial score (nSPS) is 17.9. The van der Waals surface area contributed by atoms with Gasteiger partial charge in [0.15, 0.2) is 5.71 Å². The highest BCUT2D eigenvalue weighted by Crippen LogP contribution is 2.51. The van der Waals surface area contributed by atoms with Gasteiger partial charge in [-0.05, 0) is 84.6 Å². The van der Waals surface area contributed by atoms with Gasteiger partial charge in [0.05, 0.1) is 21.8 Å². The van der Waals surface area contributed by atoms with E-state index in [0.717, 1.165) is 55.6 Å². The fourth-order valence-electron chi connectivity index (χ4n) is 8.09. The fourth-order valence-corrected chi connectivity index (χ4v) is 9.60. The Morgan fingerprint density at radius 1 is 0.704 bits per heavy atom. The van der Waals surface area contributed by atoms with Crippen molar-refractivity contribution in [1.82, 2.24) is 0 Å². The average Bonchev–Trinajstić information content (AvgIpc) is 3.41. The van der Waals surface area contributed by atoms with E-state index in [-0.39, 0.29) is 30.0 Å². The van der Waals surface area contributed by atoms with Crippen LogP contribution in [0.2, 0.25) is 0 Å². The average molecular weight is 794 g/mol. The molecule has 0 radical (unpaired) electrons. The number of anilines is 1. The van der Waals surface area contributed by atoms with E-state index in [1.807, 2.05) is 55.2 Å². The summed E-state index contributed by atoms with van der Waals surface area (Å²) in [5.74, 6) is -0.769. The van der Waals surface area contributed by atoms with E-state index in [9.17, 15) is 38.9 Å². The van der Waals surface area contributed by atoms with Gasteiger partial charge in [0.2, 0.25) is 5.69 Å². The minimum Gasteiger partial charge on any atom is -0.344 e. The zero-order valence-corrected chi connectivity index (χ0v) is 33.3. The van der Waals surface area contributed by atoms with Crippen LogP contribution in [0, 0.1) is 6.92 Å². The number of nitrogens with zero attached hydrogens (tertiary/aromatic N) is 2. The van der Waals surface area contributed by atoms with Crippen molar-refractivity contribution in [2.45, 2.75) is 63.2 Å². The SMILES string of the molecule is Cc1ccc2c3c(ccc2c1)[N+](CCCS(=O)(=O)O)=C(C=CC=C/C=C1\N(CCCS(=O)(=O)O)c2ccc4cc(S(=O)(=O)O)ccc4c2C1(C)C)C3(C)C. The second kappa shape index (κ2) is 14.2. The topological polar surface area (TPSA) is 169 Å². The number of aryl methyl sites for hydroxylation is 1. The maximum atomic E-state index is 11.9. The van der Waals surface area contributed by atoms with Gasteiger partial charge in [0.25, 0.3) is 30.4 Å². The molecule has 3 N–H and O–H groups in total. The highest BCUT2D eigenvalue weighted by molar-refractivity contribution is 7.86. The van der Waals surface area contributed by atoms with Gasteiger partial charge in [-0.15, -0.1) is 0 Å². The summed E-state index contributed by atoms with van der Waals surface area (Å²) in [6, 6.07) is 18.6. The number of hydrogen-bond acceptors (Lipinski definition) is 7. The van der Waals surface area contributed by atoms with Gasteiger partial charge in [-0.25, -0.2) is 0 Å². The number of fused-ring (bicyclic) bond motifs is 6. The van der Waals surface area contributed by atoms with E-state index in [1.54, 1.807) is 12.1 Å². The van der Waals surface area contributed by atoms with Crippen LogP contribution < -0.4 is 4.90 Å². The highest BCUT2D eigenvalue weighted by Gasteiger charge is 2.45. The lowest BCUT2D eigenvalue weighted by Crippen LogP contribution is -2.28. The number of benzene rings is 4. The zero-order valence-electron chi connectivity index (χ0n) is 30.8. The summed E-state index contributed by atoms with van der Waals surface area (Å²) >= 11 is 0. The van der Waals surface area contributed by atoms with E-state index in [1.165, 1.54) is 12.1 Å². The molecule has 2 aliphatic rings. The Bertz CT molecular complexity index is 2660. The molecule has 0 unspecified atom stereocenters. The molecule has 11 nitrogen and oxygen atoms in total. The smallest absolute Gasteiger partial charge is 0.294 e. The molecule has 2 aliphatic heterocycles. The van der Waals surface area contributed by atoms with Crippen LogP contribution in [0.5, 0.6) is 0 Å². The lowest BCUT2D eigenvalue weighted by Gasteiger charge is -2.27. The molecule has 54 heavy (non-hydrogen) atoms. The van der Waals surface area contributed by atoms with E-state index in [4.69, 9.17) is 0 Å². The van der Waals surface area contributed by atoms with Gasteiger partial charge in [-0.1, -0.05) is 68.0 Å². The first-order valence-electron chi connectivity index (χ1n) is 17.6. The number of hydrogen-bond donors (Lipinski definition) is 3. The number of rotatable bonds is 12. The molecule has 14 heteroatoms. The summed E-state index contributed by atoms with van der Waals surface area (Å²) in [5, 5.41) is 3.64. The van der Waals surface area contributed by atoms with Crippen LogP contribution in [0.1, 0.15) is 57.2 Å². The molecule has 4 aromatic carbocycles. The molecule has 0 amide bonds. The van der Waals surface area contributed by atoms with Crippen molar-refractivity contribution >= 4 is 69.0 Å². The van der Waals surface area contributed by atoms with Gasteiger partial charge in [-0.3, -0.25) is 13.7 Å². The van der Waals surface area contributed by atoms with Crippen LogP contribution >= 0.6 is 0 Å². The molecule has 0 aromatic heterocycles. The van der Waals surface area contributed by atoms with E-state index in [0.29, 0.717) is 11.9 Å². The van der Waals surface area contributed by atoms with Crippen molar-refractivity contribution in [3.05, 3.63) is 113 Å². The molecule has 4 aromatic rings. The summed E-state index contributed by atoms with van der Waals surface area (Å²) in [5.41, 5.74) is 5.77. The van der Waals surface area contributed by atoms with Crippen LogP contribution in [-0.2, 0) is 41.2 Å². The predicted molar refractivity (Wildman–Crippen MR) is 214 cm³/mol. The third-order valence-electron chi connectivity index (χ3n) is 10.4. The van der Waals surface area contributed by atoms with Gasteiger partial charge >= 0.3 is 0 Å². The molecular formula is C40H45N2O9S3+. The van der Waals surface area contributed by atoms with Crippen LogP contribution in [0.15, 0.2) is 102 Å². The van der Waals surface area contributed by atoms with Gasteiger partial charge in [0.1, 0.15) is 6.54 Å². The Balaban J connectivity index is 1.38.